The van der Waals surface area contributed by atoms with Crippen molar-refractivity contribution in [1.82, 2.24) is 16.4 Å². The van der Waals surface area contributed by atoms with Crippen LogP contribution in [0.1, 0.15) is 0 Å². The standard InChI is InChI=1S/C3H10N6/c4-2-1-3(5,6)8-9-7-2/h1,7-9H,4-6H2. The molecule has 6 nitrogen and oxygen atoms in total. The highest BCUT2D eigenvalue weighted by Crippen LogP contribution is 1.90. The smallest absolute Gasteiger partial charge is 0.156 e. The Morgan fingerprint density at radius 3 is 2.44 bits per heavy atom. The summed E-state index contributed by atoms with van der Waals surface area (Å²) in [6.07, 6.45) is 1.46. The van der Waals surface area contributed by atoms with E-state index in [9.17, 15) is 0 Å². The third-order valence-corrected chi connectivity index (χ3v) is 0.880. The second-order valence-electron chi connectivity index (χ2n) is 1.91. The fourth-order valence-corrected chi connectivity index (χ4v) is 0.541. The Hall–Kier alpha value is -0.820. The minimum atomic E-state index is -1.06. The molecule has 0 saturated carbocycles. The van der Waals surface area contributed by atoms with Gasteiger partial charge >= 0.3 is 0 Å². The van der Waals surface area contributed by atoms with Crippen LogP contribution in [0.25, 0.3) is 0 Å². The molecule has 0 amide bonds. The van der Waals surface area contributed by atoms with Gasteiger partial charge in [-0.25, -0.2) is 5.43 Å². The lowest BCUT2D eigenvalue weighted by Gasteiger charge is -2.28. The molecule has 9 N–H and O–H groups in total. The Balaban J connectivity index is 2.68. The van der Waals surface area contributed by atoms with Crippen LogP contribution in [0.2, 0.25) is 0 Å². The van der Waals surface area contributed by atoms with Gasteiger partial charge in [0, 0.05) is 6.08 Å². The van der Waals surface area contributed by atoms with Crippen LogP contribution in [0.4, 0.5) is 0 Å². The number of rotatable bonds is 0. The van der Waals surface area contributed by atoms with E-state index in [1.807, 2.05) is 0 Å². The summed E-state index contributed by atoms with van der Waals surface area (Å²) < 4.78 is 0. The third-order valence-electron chi connectivity index (χ3n) is 0.880. The van der Waals surface area contributed by atoms with Crippen LogP contribution in [0.3, 0.4) is 0 Å². The molecule has 1 aliphatic heterocycles. The van der Waals surface area contributed by atoms with Crippen molar-refractivity contribution < 1.29 is 0 Å². The number of hydrazine groups is 2. The van der Waals surface area contributed by atoms with E-state index in [4.69, 9.17) is 17.2 Å². The minimum Gasteiger partial charge on any atom is -0.385 e. The Kier molecular flexibility index (Phi) is 1.29. The number of hydrogen-bond acceptors (Lipinski definition) is 6. The van der Waals surface area contributed by atoms with Gasteiger partial charge in [0.1, 0.15) is 5.82 Å². The molecule has 6 heteroatoms. The zero-order valence-corrected chi connectivity index (χ0v) is 4.81. The number of nitrogens with two attached hydrogens (primary N) is 3. The molecular weight excluding hydrogens is 120 g/mol. The first-order valence-corrected chi connectivity index (χ1v) is 2.44. The maximum absolute atomic E-state index is 5.38. The van der Waals surface area contributed by atoms with Crippen LogP contribution in [-0.4, -0.2) is 5.79 Å². The van der Waals surface area contributed by atoms with E-state index >= 15 is 0 Å². The Labute approximate surface area is 52.4 Å². The van der Waals surface area contributed by atoms with Gasteiger partial charge in [-0.1, -0.05) is 0 Å². The van der Waals surface area contributed by atoms with Crippen LogP contribution in [0, 0.1) is 0 Å². The Morgan fingerprint density at radius 2 is 2.11 bits per heavy atom. The highest BCUT2D eigenvalue weighted by Gasteiger charge is 2.18. The summed E-state index contributed by atoms with van der Waals surface area (Å²) in [4.78, 5) is 0. The Bertz CT molecular complexity index is 137. The van der Waals surface area contributed by atoms with Crippen molar-refractivity contribution in [2.75, 3.05) is 0 Å². The summed E-state index contributed by atoms with van der Waals surface area (Å²) in [6.45, 7) is 0. The van der Waals surface area contributed by atoms with Crippen LogP contribution in [0.15, 0.2) is 11.9 Å². The highest BCUT2D eigenvalue weighted by molar-refractivity contribution is 5.06. The second-order valence-corrected chi connectivity index (χ2v) is 1.91. The van der Waals surface area contributed by atoms with Gasteiger partial charge in [-0.05, 0) is 0 Å². The predicted octanol–water partition coefficient (Wildman–Crippen LogP) is -3.03. The fourth-order valence-electron chi connectivity index (χ4n) is 0.541. The van der Waals surface area contributed by atoms with Gasteiger partial charge in [0.05, 0.1) is 0 Å². The van der Waals surface area contributed by atoms with Crippen molar-refractivity contribution >= 4 is 0 Å². The molecule has 0 bridgehead atoms. The maximum atomic E-state index is 5.38. The average Bonchev–Trinajstić information content (AvgIpc) is 1.60. The zero-order chi connectivity index (χ0) is 6.91. The molecule has 0 unspecified atom stereocenters. The van der Waals surface area contributed by atoms with Gasteiger partial charge in [-0.15, -0.1) is 0 Å². The fraction of sp³-hybridized carbons (Fsp3) is 0.333. The van der Waals surface area contributed by atoms with E-state index in [1.165, 1.54) is 6.08 Å². The molecule has 1 aliphatic rings. The van der Waals surface area contributed by atoms with Gasteiger partial charge in [-0.2, -0.15) is 5.53 Å². The molecule has 0 aromatic carbocycles. The van der Waals surface area contributed by atoms with Crippen molar-refractivity contribution in [3.8, 4) is 0 Å². The van der Waals surface area contributed by atoms with Crippen LogP contribution in [0.5, 0.6) is 0 Å². The van der Waals surface area contributed by atoms with Crippen molar-refractivity contribution in [3.05, 3.63) is 11.9 Å². The molecule has 0 aromatic rings. The molecule has 0 saturated heterocycles. The van der Waals surface area contributed by atoms with E-state index < -0.39 is 5.79 Å². The van der Waals surface area contributed by atoms with Gasteiger partial charge in [0.15, 0.2) is 5.79 Å². The highest BCUT2D eigenvalue weighted by atomic mass is 15.7. The van der Waals surface area contributed by atoms with Gasteiger partial charge < -0.3 is 5.73 Å². The molecule has 0 atom stereocenters. The third kappa shape index (κ3) is 1.54. The van der Waals surface area contributed by atoms with E-state index in [1.54, 1.807) is 0 Å². The lowest BCUT2D eigenvalue weighted by Crippen LogP contribution is -2.70. The van der Waals surface area contributed by atoms with E-state index in [-0.39, 0.29) is 0 Å². The van der Waals surface area contributed by atoms with Crippen LogP contribution in [-0.2, 0) is 0 Å². The van der Waals surface area contributed by atoms with Crippen molar-refractivity contribution in [2.45, 2.75) is 5.79 Å². The predicted molar refractivity (Wildman–Crippen MR) is 32.8 cm³/mol. The molecule has 1 rings (SSSR count). The summed E-state index contributed by atoms with van der Waals surface area (Å²) in [6, 6.07) is 0. The van der Waals surface area contributed by atoms with Gasteiger partial charge in [0.2, 0.25) is 0 Å². The normalized spacial score (nSPS) is 24.4. The molecule has 52 valence electrons. The Morgan fingerprint density at radius 1 is 1.44 bits per heavy atom. The number of hydrogen-bond donors (Lipinski definition) is 6. The summed E-state index contributed by atoms with van der Waals surface area (Å²) >= 11 is 0. The summed E-state index contributed by atoms with van der Waals surface area (Å²) in [5.74, 6) is -0.659. The van der Waals surface area contributed by atoms with E-state index in [0.717, 1.165) is 0 Å². The lowest BCUT2D eigenvalue weighted by molar-refractivity contribution is 0.305. The molecular formula is C3H10N6. The van der Waals surface area contributed by atoms with Crippen molar-refractivity contribution in [3.63, 3.8) is 0 Å². The molecule has 0 radical (unpaired) electrons. The second kappa shape index (κ2) is 1.85. The molecule has 9 heavy (non-hydrogen) atoms. The quantitative estimate of drug-likeness (QED) is 0.194. The first-order valence-electron chi connectivity index (χ1n) is 2.44. The molecule has 0 fully saturated rings. The molecule has 0 aliphatic carbocycles. The summed E-state index contributed by atoms with van der Waals surface area (Å²) in [5, 5.41) is 0. The van der Waals surface area contributed by atoms with Crippen LogP contribution >= 0.6 is 0 Å². The van der Waals surface area contributed by atoms with E-state index in [2.05, 4.69) is 16.4 Å². The lowest BCUT2D eigenvalue weighted by atomic mass is 10.3. The van der Waals surface area contributed by atoms with Gasteiger partial charge in [-0.3, -0.25) is 16.9 Å². The SMILES string of the molecule is NC1=CC(N)(N)NNN1. The topological polar surface area (TPSA) is 114 Å². The first-order chi connectivity index (χ1) is 4.10. The summed E-state index contributed by atoms with van der Waals surface area (Å²) in [5.41, 5.74) is 23.6. The summed E-state index contributed by atoms with van der Waals surface area (Å²) in [7, 11) is 0. The maximum Gasteiger partial charge on any atom is 0.156 e. The number of nitrogens with one attached hydrogen (secondary N) is 3. The zero-order valence-electron chi connectivity index (χ0n) is 4.81. The van der Waals surface area contributed by atoms with Crippen molar-refractivity contribution in [2.24, 2.45) is 17.2 Å². The minimum absolute atomic E-state index is 0.402. The van der Waals surface area contributed by atoms with Gasteiger partial charge in [0.25, 0.3) is 0 Å². The monoisotopic (exact) mass is 130 g/mol. The average molecular weight is 130 g/mol. The molecule has 1 heterocycles. The molecule has 0 spiro atoms. The van der Waals surface area contributed by atoms with Crippen molar-refractivity contribution in [1.29, 1.82) is 0 Å². The largest absolute Gasteiger partial charge is 0.385 e. The molecule has 0 aromatic heterocycles. The van der Waals surface area contributed by atoms with E-state index in [0.29, 0.717) is 5.82 Å². The van der Waals surface area contributed by atoms with Crippen LogP contribution < -0.4 is 33.6 Å². The first kappa shape index (κ1) is 6.30.